The van der Waals surface area contributed by atoms with E-state index in [-0.39, 0.29) is 30.6 Å². The summed E-state index contributed by atoms with van der Waals surface area (Å²) in [6, 6.07) is 17.5. The first kappa shape index (κ1) is 24.4. The zero-order chi connectivity index (χ0) is 24.8. The molecule has 0 spiro atoms. The summed E-state index contributed by atoms with van der Waals surface area (Å²) in [5.74, 6) is 2.13. The maximum absolute atomic E-state index is 13.1. The van der Waals surface area contributed by atoms with Crippen molar-refractivity contribution < 1.29 is 32.2 Å². The Hall–Kier alpha value is -3.76. The Morgan fingerprint density at radius 1 is 0.914 bits per heavy atom. The molecule has 0 aliphatic carbocycles. The maximum atomic E-state index is 13.1. The lowest BCUT2D eigenvalue weighted by molar-refractivity contribution is -0.121. The standard InChI is InChI=1S/C25H26N2O7S/c1-31-19-6-4-18(5-7-19)22(27-35(29,30)21-10-8-20(32-2)9-11-21)14-25(28)26-15-17-3-12-23-24(13-17)34-16-33-23/h3-13,22,27H,14-16H2,1-2H3,(H,26,28)/t22-/m0/s1. The first-order valence-corrected chi connectivity index (χ1v) is 12.3. The van der Waals surface area contributed by atoms with Crippen molar-refractivity contribution in [3.63, 3.8) is 0 Å². The van der Waals surface area contributed by atoms with Crippen LogP contribution in [0.1, 0.15) is 23.6 Å². The lowest BCUT2D eigenvalue weighted by atomic mass is 10.0. The first-order valence-electron chi connectivity index (χ1n) is 10.8. The molecule has 0 aromatic heterocycles. The summed E-state index contributed by atoms with van der Waals surface area (Å²) >= 11 is 0. The van der Waals surface area contributed by atoms with Crippen LogP contribution < -0.4 is 29.0 Å². The number of methoxy groups -OCH3 is 2. The molecule has 1 atom stereocenters. The summed E-state index contributed by atoms with van der Waals surface area (Å²) in [5.41, 5.74) is 1.46. The van der Waals surface area contributed by atoms with Crippen molar-refractivity contribution in [2.45, 2.75) is 23.9 Å². The summed E-state index contributed by atoms with van der Waals surface area (Å²) in [5, 5.41) is 2.84. The Balaban J connectivity index is 1.49. The van der Waals surface area contributed by atoms with Crippen LogP contribution in [0.15, 0.2) is 71.6 Å². The number of carbonyl (C=O) groups excluding carboxylic acids is 1. The number of fused-ring (bicyclic) bond motifs is 1. The van der Waals surface area contributed by atoms with Crippen molar-refractivity contribution in [1.29, 1.82) is 0 Å². The summed E-state index contributed by atoms with van der Waals surface area (Å²) in [4.78, 5) is 12.9. The van der Waals surface area contributed by atoms with Crippen LogP contribution in [-0.2, 0) is 21.4 Å². The molecule has 3 aromatic carbocycles. The Bertz CT molecular complexity index is 1280. The third-order valence-corrected chi connectivity index (χ3v) is 6.99. The van der Waals surface area contributed by atoms with Crippen LogP contribution >= 0.6 is 0 Å². The zero-order valence-corrected chi connectivity index (χ0v) is 20.1. The van der Waals surface area contributed by atoms with Gasteiger partial charge in [-0.2, -0.15) is 0 Å². The van der Waals surface area contributed by atoms with E-state index in [1.165, 1.54) is 19.2 Å². The minimum Gasteiger partial charge on any atom is -0.497 e. The second-order valence-corrected chi connectivity index (χ2v) is 9.51. The van der Waals surface area contributed by atoms with Gasteiger partial charge in [0.15, 0.2) is 11.5 Å². The molecule has 3 aromatic rings. The monoisotopic (exact) mass is 498 g/mol. The molecule has 1 amide bonds. The van der Waals surface area contributed by atoms with E-state index in [1.54, 1.807) is 55.6 Å². The van der Waals surface area contributed by atoms with E-state index in [2.05, 4.69) is 10.0 Å². The van der Waals surface area contributed by atoms with Gasteiger partial charge in [0.05, 0.1) is 25.2 Å². The van der Waals surface area contributed by atoms with Gasteiger partial charge in [-0.05, 0) is 59.7 Å². The summed E-state index contributed by atoms with van der Waals surface area (Å²) in [6.45, 7) is 0.430. The van der Waals surface area contributed by atoms with Crippen molar-refractivity contribution >= 4 is 15.9 Å². The average Bonchev–Trinajstić information content (AvgIpc) is 3.35. The molecule has 1 aliphatic rings. The molecule has 4 rings (SSSR count). The maximum Gasteiger partial charge on any atom is 0.241 e. The van der Waals surface area contributed by atoms with E-state index in [0.717, 1.165) is 5.56 Å². The normalized spacial score (nSPS) is 13.2. The second kappa shape index (κ2) is 10.7. The Kier molecular flexibility index (Phi) is 7.42. The molecular weight excluding hydrogens is 472 g/mol. The van der Waals surface area contributed by atoms with Crippen LogP contribution in [0.25, 0.3) is 0 Å². The molecule has 0 radical (unpaired) electrons. The molecule has 0 saturated heterocycles. The Morgan fingerprint density at radius 3 is 2.20 bits per heavy atom. The number of sulfonamides is 1. The van der Waals surface area contributed by atoms with Gasteiger partial charge in [0.2, 0.25) is 22.7 Å². The van der Waals surface area contributed by atoms with Crippen molar-refractivity contribution in [3.05, 3.63) is 77.9 Å². The number of benzene rings is 3. The van der Waals surface area contributed by atoms with E-state index in [0.29, 0.717) is 28.6 Å². The van der Waals surface area contributed by atoms with Crippen molar-refractivity contribution in [3.8, 4) is 23.0 Å². The lowest BCUT2D eigenvalue weighted by Crippen LogP contribution is -2.33. The van der Waals surface area contributed by atoms with Gasteiger partial charge in [-0.25, -0.2) is 13.1 Å². The molecule has 9 nitrogen and oxygen atoms in total. The van der Waals surface area contributed by atoms with E-state index >= 15 is 0 Å². The van der Waals surface area contributed by atoms with Crippen molar-refractivity contribution in [2.24, 2.45) is 0 Å². The smallest absolute Gasteiger partial charge is 0.241 e. The molecule has 35 heavy (non-hydrogen) atoms. The van der Waals surface area contributed by atoms with E-state index < -0.39 is 16.1 Å². The molecule has 0 fully saturated rings. The quantitative estimate of drug-likeness (QED) is 0.442. The van der Waals surface area contributed by atoms with Crippen LogP contribution in [0.3, 0.4) is 0 Å². The third-order valence-electron chi connectivity index (χ3n) is 5.50. The fourth-order valence-corrected chi connectivity index (χ4v) is 4.81. The van der Waals surface area contributed by atoms with Gasteiger partial charge < -0.3 is 24.3 Å². The van der Waals surface area contributed by atoms with Gasteiger partial charge in [0.25, 0.3) is 0 Å². The topological polar surface area (TPSA) is 112 Å². The summed E-state index contributed by atoms with van der Waals surface area (Å²) in [6.07, 6.45) is -0.105. The number of rotatable bonds is 10. The van der Waals surface area contributed by atoms with Gasteiger partial charge >= 0.3 is 0 Å². The van der Waals surface area contributed by atoms with Gasteiger partial charge in [-0.1, -0.05) is 18.2 Å². The van der Waals surface area contributed by atoms with Gasteiger partial charge in [0.1, 0.15) is 11.5 Å². The van der Waals surface area contributed by atoms with E-state index in [9.17, 15) is 13.2 Å². The van der Waals surface area contributed by atoms with Crippen LogP contribution in [0.2, 0.25) is 0 Å². The largest absolute Gasteiger partial charge is 0.497 e. The molecule has 1 aliphatic heterocycles. The first-order chi connectivity index (χ1) is 16.9. The van der Waals surface area contributed by atoms with Crippen LogP contribution in [0.4, 0.5) is 0 Å². The van der Waals surface area contributed by atoms with Gasteiger partial charge in [0, 0.05) is 13.0 Å². The number of ether oxygens (including phenoxy) is 4. The SMILES string of the molecule is COc1ccc([C@H](CC(=O)NCc2ccc3c(c2)OCO3)NS(=O)(=O)c2ccc(OC)cc2)cc1. The molecule has 0 unspecified atom stereocenters. The molecular formula is C25H26N2O7S. The molecule has 184 valence electrons. The number of carbonyl (C=O) groups is 1. The van der Waals surface area contributed by atoms with E-state index in [4.69, 9.17) is 18.9 Å². The number of nitrogens with one attached hydrogen (secondary N) is 2. The average molecular weight is 499 g/mol. The minimum absolute atomic E-state index is 0.0672. The highest BCUT2D eigenvalue weighted by molar-refractivity contribution is 7.89. The molecule has 10 heteroatoms. The lowest BCUT2D eigenvalue weighted by Gasteiger charge is -2.20. The summed E-state index contributed by atoms with van der Waals surface area (Å²) < 4.78 is 49.8. The molecule has 0 saturated carbocycles. The highest BCUT2D eigenvalue weighted by atomic mass is 32.2. The van der Waals surface area contributed by atoms with Crippen LogP contribution in [0.5, 0.6) is 23.0 Å². The zero-order valence-electron chi connectivity index (χ0n) is 19.3. The fourth-order valence-electron chi connectivity index (χ4n) is 3.58. The fraction of sp³-hybridized carbons (Fsp3) is 0.240. The third kappa shape index (κ3) is 6.03. The Labute approximate surface area is 204 Å². The molecule has 1 heterocycles. The van der Waals surface area contributed by atoms with Crippen molar-refractivity contribution in [1.82, 2.24) is 10.0 Å². The van der Waals surface area contributed by atoms with Gasteiger partial charge in [-0.15, -0.1) is 0 Å². The highest BCUT2D eigenvalue weighted by Crippen LogP contribution is 2.32. The van der Waals surface area contributed by atoms with Crippen LogP contribution in [0, 0.1) is 0 Å². The highest BCUT2D eigenvalue weighted by Gasteiger charge is 2.24. The predicted molar refractivity (Wildman–Crippen MR) is 128 cm³/mol. The van der Waals surface area contributed by atoms with Crippen LogP contribution in [-0.4, -0.2) is 35.3 Å². The number of amides is 1. The molecule has 2 N–H and O–H groups in total. The predicted octanol–water partition coefficient (Wildman–Crippen LogP) is 3.16. The summed E-state index contributed by atoms with van der Waals surface area (Å²) in [7, 11) is -0.867. The second-order valence-electron chi connectivity index (χ2n) is 7.79. The number of hydrogen-bond donors (Lipinski definition) is 2. The number of hydrogen-bond acceptors (Lipinski definition) is 7. The van der Waals surface area contributed by atoms with Gasteiger partial charge in [-0.3, -0.25) is 4.79 Å². The minimum atomic E-state index is -3.92. The Morgan fingerprint density at radius 2 is 1.54 bits per heavy atom. The van der Waals surface area contributed by atoms with E-state index in [1.807, 2.05) is 6.07 Å². The molecule has 0 bridgehead atoms. The van der Waals surface area contributed by atoms with Crippen molar-refractivity contribution in [2.75, 3.05) is 21.0 Å².